The molecule has 3 heterocycles. The number of nitrogens with zero attached hydrogens (tertiary/aromatic N) is 6. The first-order chi connectivity index (χ1) is 18.2. The summed E-state index contributed by atoms with van der Waals surface area (Å²) in [5.74, 6) is -2.16. The highest BCUT2D eigenvalue weighted by atomic mass is 32.2. The minimum Gasteiger partial charge on any atom is -0.483 e. The first kappa shape index (κ1) is 25.9. The van der Waals surface area contributed by atoms with Crippen molar-refractivity contribution < 1.29 is 21.9 Å². The highest BCUT2D eigenvalue weighted by molar-refractivity contribution is 7.88. The van der Waals surface area contributed by atoms with E-state index in [-0.39, 0.29) is 49.4 Å². The third kappa shape index (κ3) is 5.57. The van der Waals surface area contributed by atoms with Gasteiger partial charge in [0, 0.05) is 32.2 Å². The van der Waals surface area contributed by atoms with Crippen LogP contribution in [0.3, 0.4) is 0 Å². The lowest BCUT2D eigenvalue weighted by Crippen LogP contribution is -2.49. The lowest BCUT2D eigenvalue weighted by molar-refractivity contribution is 0.205. The van der Waals surface area contributed by atoms with Crippen LogP contribution in [0.15, 0.2) is 40.2 Å². The first-order valence-corrected chi connectivity index (χ1v) is 13.7. The van der Waals surface area contributed by atoms with E-state index in [4.69, 9.17) is 4.74 Å². The van der Waals surface area contributed by atoms with Gasteiger partial charge in [0.15, 0.2) is 0 Å². The Hall–Kier alpha value is -3.72. The minimum atomic E-state index is -3.78. The van der Waals surface area contributed by atoms with Crippen LogP contribution >= 0.6 is 0 Å². The lowest BCUT2D eigenvalue weighted by atomic mass is 10.2. The molecule has 202 valence electrons. The van der Waals surface area contributed by atoms with E-state index in [1.54, 1.807) is 4.90 Å². The quantitative estimate of drug-likeness (QED) is 0.456. The molecule has 5 rings (SSSR count). The number of benzene rings is 1. The van der Waals surface area contributed by atoms with Gasteiger partial charge in [0.2, 0.25) is 15.8 Å². The SMILES string of the molecule is O=c1nc(CS(=O)(=O)N2CCN(c3cnn(-c4cc(F)cc(F)c4)c(=O)c3OC3CCCC3)CC2)cn[nH]1. The molecule has 0 unspecified atom stereocenters. The van der Waals surface area contributed by atoms with Crippen LogP contribution in [0.4, 0.5) is 14.5 Å². The second kappa shape index (κ2) is 10.6. The Labute approximate surface area is 215 Å². The Kier molecular flexibility index (Phi) is 7.21. The second-order valence-corrected chi connectivity index (χ2v) is 11.1. The monoisotopic (exact) mass is 549 g/mol. The highest BCUT2D eigenvalue weighted by Crippen LogP contribution is 2.30. The molecule has 1 saturated heterocycles. The number of aromatic nitrogens is 5. The zero-order valence-electron chi connectivity index (χ0n) is 20.2. The van der Waals surface area contributed by atoms with E-state index in [1.165, 1.54) is 16.7 Å². The van der Waals surface area contributed by atoms with Crippen LogP contribution < -0.4 is 20.9 Å². The van der Waals surface area contributed by atoms with Gasteiger partial charge in [0.05, 0.1) is 29.9 Å². The standard InChI is InChI=1S/C23H25F2N7O5S/c24-15-9-16(25)11-18(10-15)32-22(33)21(37-19-3-1-2-4-19)20(13-27-32)30-5-7-31(8-6-30)38(35,36)14-17-12-26-29-23(34)28-17/h9-13,19H,1-8,14H2,(H,28,29,34). The summed E-state index contributed by atoms with van der Waals surface area (Å²) in [5.41, 5.74) is -1.06. The van der Waals surface area contributed by atoms with Crippen LogP contribution in [-0.2, 0) is 15.8 Å². The van der Waals surface area contributed by atoms with E-state index in [0.29, 0.717) is 11.8 Å². The van der Waals surface area contributed by atoms with Crippen molar-refractivity contribution in [3.05, 3.63) is 68.8 Å². The fraction of sp³-hybridized carbons (Fsp3) is 0.435. The van der Waals surface area contributed by atoms with Crippen LogP contribution in [0.25, 0.3) is 5.69 Å². The highest BCUT2D eigenvalue weighted by Gasteiger charge is 2.31. The second-order valence-electron chi connectivity index (χ2n) is 9.15. The maximum atomic E-state index is 13.8. The summed E-state index contributed by atoms with van der Waals surface area (Å²) in [7, 11) is -3.78. The van der Waals surface area contributed by atoms with Crippen molar-refractivity contribution in [2.75, 3.05) is 31.1 Å². The Morgan fingerprint density at radius 2 is 1.68 bits per heavy atom. The average Bonchev–Trinajstić information content (AvgIpc) is 3.38. The summed E-state index contributed by atoms with van der Waals surface area (Å²) >= 11 is 0. The molecule has 1 N–H and O–H groups in total. The third-order valence-corrected chi connectivity index (χ3v) is 8.33. The van der Waals surface area contributed by atoms with Crippen molar-refractivity contribution in [2.45, 2.75) is 37.5 Å². The molecule has 2 fully saturated rings. The van der Waals surface area contributed by atoms with Gasteiger partial charge in [-0.2, -0.15) is 24.2 Å². The van der Waals surface area contributed by atoms with Crippen LogP contribution in [0.1, 0.15) is 31.4 Å². The predicted octanol–water partition coefficient (Wildman–Crippen LogP) is 0.962. The van der Waals surface area contributed by atoms with Gasteiger partial charge in [-0.15, -0.1) is 0 Å². The number of sulfonamides is 1. The van der Waals surface area contributed by atoms with E-state index < -0.39 is 38.7 Å². The zero-order valence-corrected chi connectivity index (χ0v) is 21.0. The smallest absolute Gasteiger partial charge is 0.361 e. The molecule has 0 amide bonds. The number of nitrogens with one attached hydrogen (secondary N) is 1. The zero-order chi connectivity index (χ0) is 26.9. The number of halogens is 2. The van der Waals surface area contributed by atoms with Gasteiger partial charge >= 0.3 is 11.2 Å². The average molecular weight is 550 g/mol. The summed E-state index contributed by atoms with van der Waals surface area (Å²) in [4.78, 5) is 30.2. The first-order valence-electron chi connectivity index (χ1n) is 12.1. The van der Waals surface area contributed by atoms with Crippen molar-refractivity contribution in [1.29, 1.82) is 0 Å². The molecule has 0 radical (unpaired) electrons. The van der Waals surface area contributed by atoms with E-state index in [0.717, 1.165) is 42.5 Å². The Morgan fingerprint density at radius 1 is 1.00 bits per heavy atom. The number of piperazine rings is 1. The topological polar surface area (TPSA) is 143 Å². The number of hydrogen-bond acceptors (Lipinski definition) is 9. The molecule has 1 aliphatic heterocycles. The van der Waals surface area contributed by atoms with Gasteiger partial charge in [-0.1, -0.05) is 0 Å². The summed E-state index contributed by atoms with van der Waals surface area (Å²) in [6.45, 7) is 0.697. The normalized spacial score (nSPS) is 17.2. The Balaban J connectivity index is 1.40. The van der Waals surface area contributed by atoms with Crippen molar-refractivity contribution in [3.63, 3.8) is 0 Å². The predicted molar refractivity (Wildman–Crippen MR) is 132 cm³/mol. The van der Waals surface area contributed by atoms with Crippen LogP contribution in [-0.4, -0.2) is 70.0 Å². The molecular formula is C23H25F2N7O5S. The van der Waals surface area contributed by atoms with Crippen molar-refractivity contribution in [1.82, 2.24) is 29.3 Å². The van der Waals surface area contributed by atoms with Crippen LogP contribution in [0.5, 0.6) is 5.75 Å². The third-order valence-electron chi connectivity index (χ3n) is 6.52. The van der Waals surface area contributed by atoms with Crippen LogP contribution in [0.2, 0.25) is 0 Å². The number of aromatic amines is 1. The van der Waals surface area contributed by atoms with Gasteiger partial charge in [-0.3, -0.25) is 4.79 Å². The Bertz CT molecular complexity index is 1530. The molecule has 2 aromatic heterocycles. The molecule has 12 nitrogen and oxygen atoms in total. The molecule has 0 atom stereocenters. The van der Waals surface area contributed by atoms with Gasteiger partial charge < -0.3 is 9.64 Å². The van der Waals surface area contributed by atoms with E-state index >= 15 is 0 Å². The van der Waals surface area contributed by atoms with Crippen molar-refractivity contribution in [2.24, 2.45) is 0 Å². The maximum Gasteiger partial charge on any atom is 0.361 e. The van der Waals surface area contributed by atoms with Gasteiger partial charge in [0.25, 0.3) is 0 Å². The molecule has 2 aliphatic rings. The summed E-state index contributed by atoms with van der Waals surface area (Å²) in [5, 5.41) is 9.82. The van der Waals surface area contributed by atoms with Gasteiger partial charge in [-0.05, 0) is 37.8 Å². The van der Waals surface area contributed by atoms with Crippen molar-refractivity contribution >= 4 is 15.7 Å². The number of hydrogen-bond donors (Lipinski definition) is 1. The molecule has 1 aliphatic carbocycles. The van der Waals surface area contributed by atoms with Crippen molar-refractivity contribution in [3.8, 4) is 11.4 Å². The maximum absolute atomic E-state index is 13.8. The number of ether oxygens (including phenoxy) is 1. The molecular weight excluding hydrogens is 524 g/mol. The van der Waals surface area contributed by atoms with Gasteiger partial charge in [-0.25, -0.2) is 27.1 Å². The summed E-state index contributed by atoms with van der Waals surface area (Å²) < 4.78 is 61.7. The molecule has 0 spiro atoms. The molecule has 0 bridgehead atoms. The Morgan fingerprint density at radius 3 is 2.34 bits per heavy atom. The fourth-order valence-electron chi connectivity index (χ4n) is 4.68. The van der Waals surface area contributed by atoms with E-state index in [1.807, 2.05) is 0 Å². The molecule has 1 saturated carbocycles. The minimum absolute atomic E-state index is 0.00617. The van der Waals surface area contributed by atoms with E-state index in [2.05, 4.69) is 20.3 Å². The number of H-pyrrole nitrogens is 1. The summed E-state index contributed by atoms with van der Waals surface area (Å²) in [6.07, 6.45) is 5.86. The molecule has 38 heavy (non-hydrogen) atoms. The molecule has 3 aromatic rings. The van der Waals surface area contributed by atoms with Gasteiger partial charge in [0.1, 0.15) is 23.1 Å². The number of anilines is 1. The largest absolute Gasteiger partial charge is 0.483 e. The summed E-state index contributed by atoms with van der Waals surface area (Å²) in [6, 6.07) is 2.71. The van der Waals surface area contributed by atoms with E-state index in [9.17, 15) is 26.8 Å². The molecule has 15 heteroatoms. The molecule has 1 aromatic carbocycles. The lowest BCUT2D eigenvalue weighted by Gasteiger charge is -2.35. The fourth-order valence-corrected chi connectivity index (χ4v) is 6.10. The number of rotatable bonds is 7. The van der Waals surface area contributed by atoms with Crippen LogP contribution in [0, 0.1) is 11.6 Å².